The Labute approximate surface area is 129 Å². The molecule has 2 rings (SSSR count). The lowest BCUT2D eigenvalue weighted by molar-refractivity contribution is -0.135. The van der Waals surface area contributed by atoms with Gasteiger partial charge in [0.25, 0.3) is 0 Å². The highest BCUT2D eigenvalue weighted by atomic mass is 35.5. The van der Waals surface area contributed by atoms with Gasteiger partial charge in [0.1, 0.15) is 11.6 Å². The maximum absolute atomic E-state index is 12.2. The lowest BCUT2D eigenvalue weighted by Gasteiger charge is -2.20. The van der Waals surface area contributed by atoms with E-state index >= 15 is 0 Å². The van der Waals surface area contributed by atoms with Crippen molar-refractivity contribution >= 4 is 45.8 Å². The Morgan fingerprint density at radius 2 is 2.19 bits per heavy atom. The molecule has 2 aromatic rings. The van der Waals surface area contributed by atoms with E-state index in [-0.39, 0.29) is 0 Å². The Kier molecular flexibility index (Phi) is 4.71. The standard InChI is InChI=1S/C12H11ClN4O3S/c1-7-15-16-11(21-7)14-12(20)17(6-10(18)19)9-4-2-3-8(13)5-9/h2-5H,6H2,1H3,(H,18,19)(H,14,16,20). The van der Waals surface area contributed by atoms with Crippen molar-refractivity contribution in [2.75, 3.05) is 16.8 Å². The van der Waals surface area contributed by atoms with Gasteiger partial charge in [-0.25, -0.2) is 4.79 Å². The first-order valence-corrected chi connectivity index (χ1v) is 7.01. The van der Waals surface area contributed by atoms with Crippen LogP contribution < -0.4 is 10.2 Å². The second kappa shape index (κ2) is 6.51. The summed E-state index contributed by atoms with van der Waals surface area (Å²) in [5.74, 6) is -1.14. The summed E-state index contributed by atoms with van der Waals surface area (Å²) in [5.41, 5.74) is 0.378. The van der Waals surface area contributed by atoms with Crippen LogP contribution in [-0.4, -0.2) is 33.8 Å². The molecule has 7 nitrogen and oxygen atoms in total. The first-order valence-electron chi connectivity index (χ1n) is 5.81. The molecule has 1 heterocycles. The molecule has 0 bridgehead atoms. The van der Waals surface area contributed by atoms with Gasteiger partial charge in [-0.05, 0) is 25.1 Å². The molecule has 0 spiro atoms. The van der Waals surface area contributed by atoms with Crippen molar-refractivity contribution in [3.05, 3.63) is 34.3 Å². The maximum atomic E-state index is 12.2. The smallest absolute Gasteiger partial charge is 0.328 e. The van der Waals surface area contributed by atoms with Gasteiger partial charge in [0.05, 0.1) is 0 Å². The van der Waals surface area contributed by atoms with E-state index in [1.807, 2.05) is 0 Å². The van der Waals surface area contributed by atoms with E-state index in [2.05, 4.69) is 15.5 Å². The zero-order valence-electron chi connectivity index (χ0n) is 10.9. The fourth-order valence-electron chi connectivity index (χ4n) is 1.57. The molecular formula is C12H11ClN4O3S. The third-order valence-corrected chi connectivity index (χ3v) is 3.39. The van der Waals surface area contributed by atoms with Crippen molar-refractivity contribution in [1.29, 1.82) is 0 Å². The van der Waals surface area contributed by atoms with Gasteiger partial charge in [0, 0.05) is 10.7 Å². The molecule has 0 atom stereocenters. The number of aromatic nitrogens is 2. The van der Waals surface area contributed by atoms with Crippen LogP contribution in [0, 0.1) is 6.92 Å². The first-order chi connectivity index (χ1) is 9.95. The average molecular weight is 327 g/mol. The SMILES string of the molecule is Cc1nnc(NC(=O)N(CC(=O)O)c2cccc(Cl)c2)s1. The number of nitrogens with zero attached hydrogens (tertiary/aromatic N) is 3. The molecule has 9 heteroatoms. The van der Waals surface area contributed by atoms with E-state index in [0.29, 0.717) is 20.8 Å². The number of aliphatic carboxylic acids is 1. The number of hydrogen-bond acceptors (Lipinski definition) is 5. The van der Waals surface area contributed by atoms with E-state index in [9.17, 15) is 9.59 Å². The summed E-state index contributed by atoms with van der Waals surface area (Å²) in [6, 6.07) is 5.76. The molecule has 2 N–H and O–H groups in total. The Hall–Kier alpha value is -2.19. The summed E-state index contributed by atoms with van der Waals surface area (Å²) >= 11 is 7.06. The van der Waals surface area contributed by atoms with Crippen LogP contribution in [0.15, 0.2) is 24.3 Å². The van der Waals surface area contributed by atoms with Crippen LogP contribution >= 0.6 is 22.9 Å². The molecule has 0 radical (unpaired) electrons. The Balaban J connectivity index is 2.23. The zero-order valence-corrected chi connectivity index (χ0v) is 12.5. The molecule has 21 heavy (non-hydrogen) atoms. The van der Waals surface area contributed by atoms with Gasteiger partial charge in [-0.2, -0.15) is 0 Å². The minimum Gasteiger partial charge on any atom is -0.480 e. The largest absolute Gasteiger partial charge is 0.480 e. The van der Waals surface area contributed by atoms with Crippen molar-refractivity contribution in [3.8, 4) is 0 Å². The van der Waals surface area contributed by atoms with Gasteiger partial charge in [-0.1, -0.05) is 29.0 Å². The van der Waals surface area contributed by atoms with E-state index in [1.165, 1.54) is 17.4 Å². The molecule has 0 aliphatic heterocycles. The predicted molar refractivity (Wildman–Crippen MR) is 80.1 cm³/mol. The molecule has 0 aliphatic carbocycles. The monoisotopic (exact) mass is 326 g/mol. The number of carbonyl (C=O) groups excluding carboxylic acids is 1. The zero-order chi connectivity index (χ0) is 15.4. The molecular weight excluding hydrogens is 316 g/mol. The van der Waals surface area contributed by atoms with Crippen LogP contribution in [0.3, 0.4) is 0 Å². The van der Waals surface area contributed by atoms with Crippen LogP contribution in [0.25, 0.3) is 0 Å². The Morgan fingerprint density at radius 1 is 1.43 bits per heavy atom. The summed E-state index contributed by atoms with van der Waals surface area (Å²) in [6.07, 6.45) is 0. The van der Waals surface area contributed by atoms with Gasteiger partial charge in [0.15, 0.2) is 0 Å². The van der Waals surface area contributed by atoms with Crippen molar-refractivity contribution in [2.24, 2.45) is 0 Å². The highest BCUT2D eigenvalue weighted by Gasteiger charge is 2.20. The summed E-state index contributed by atoms with van der Waals surface area (Å²) in [5, 5.41) is 20.4. The van der Waals surface area contributed by atoms with E-state index < -0.39 is 18.5 Å². The minimum absolute atomic E-state index is 0.301. The number of halogens is 1. The summed E-state index contributed by atoms with van der Waals surface area (Å²) in [4.78, 5) is 24.2. The minimum atomic E-state index is -1.14. The number of nitrogens with one attached hydrogen (secondary N) is 1. The number of aryl methyl sites for hydroxylation is 1. The normalized spacial score (nSPS) is 10.2. The number of rotatable bonds is 4. The van der Waals surface area contributed by atoms with E-state index in [4.69, 9.17) is 16.7 Å². The third kappa shape index (κ3) is 4.14. The second-order valence-corrected chi connectivity index (χ2v) is 5.63. The van der Waals surface area contributed by atoms with Crippen LogP contribution in [0.1, 0.15) is 5.01 Å². The average Bonchev–Trinajstić information content (AvgIpc) is 2.81. The fourth-order valence-corrected chi connectivity index (χ4v) is 2.33. The second-order valence-electron chi connectivity index (χ2n) is 4.02. The number of amides is 2. The Bertz CT molecular complexity index is 676. The molecule has 1 aromatic heterocycles. The molecule has 0 saturated carbocycles. The molecule has 0 aliphatic rings. The van der Waals surface area contributed by atoms with Crippen LogP contribution in [0.5, 0.6) is 0 Å². The molecule has 0 unspecified atom stereocenters. The van der Waals surface area contributed by atoms with Gasteiger partial charge >= 0.3 is 12.0 Å². The first kappa shape index (κ1) is 15.2. The van der Waals surface area contributed by atoms with Gasteiger partial charge in [0.2, 0.25) is 5.13 Å². The number of anilines is 2. The topological polar surface area (TPSA) is 95.4 Å². The number of carbonyl (C=O) groups is 2. The number of benzene rings is 1. The van der Waals surface area contributed by atoms with Gasteiger partial charge in [-0.15, -0.1) is 10.2 Å². The summed E-state index contributed by atoms with van der Waals surface area (Å²) < 4.78 is 0. The molecule has 0 saturated heterocycles. The quantitative estimate of drug-likeness (QED) is 0.900. The van der Waals surface area contributed by atoms with Crippen molar-refractivity contribution in [1.82, 2.24) is 10.2 Å². The number of carboxylic acid groups (broad SMARTS) is 1. The van der Waals surface area contributed by atoms with Crippen LogP contribution in [0.4, 0.5) is 15.6 Å². The molecule has 2 amide bonds. The number of urea groups is 1. The number of carboxylic acids is 1. The fraction of sp³-hybridized carbons (Fsp3) is 0.167. The maximum Gasteiger partial charge on any atom is 0.328 e. The van der Waals surface area contributed by atoms with Crippen molar-refractivity contribution < 1.29 is 14.7 Å². The summed E-state index contributed by atoms with van der Waals surface area (Å²) in [6.45, 7) is 1.25. The predicted octanol–water partition coefficient (Wildman–Crippen LogP) is 2.62. The lowest BCUT2D eigenvalue weighted by atomic mass is 10.3. The highest BCUT2D eigenvalue weighted by Crippen LogP contribution is 2.21. The molecule has 1 aromatic carbocycles. The lowest BCUT2D eigenvalue weighted by Crippen LogP contribution is -2.38. The molecule has 0 fully saturated rings. The van der Waals surface area contributed by atoms with E-state index in [1.54, 1.807) is 25.1 Å². The van der Waals surface area contributed by atoms with E-state index in [0.717, 1.165) is 4.90 Å². The Morgan fingerprint density at radius 3 is 2.76 bits per heavy atom. The van der Waals surface area contributed by atoms with Crippen molar-refractivity contribution in [3.63, 3.8) is 0 Å². The van der Waals surface area contributed by atoms with Crippen LogP contribution in [-0.2, 0) is 4.79 Å². The highest BCUT2D eigenvalue weighted by molar-refractivity contribution is 7.15. The van der Waals surface area contributed by atoms with Crippen molar-refractivity contribution in [2.45, 2.75) is 6.92 Å². The number of hydrogen-bond donors (Lipinski definition) is 2. The third-order valence-electron chi connectivity index (χ3n) is 2.40. The van der Waals surface area contributed by atoms with Gasteiger partial charge in [-0.3, -0.25) is 15.0 Å². The van der Waals surface area contributed by atoms with Crippen LogP contribution in [0.2, 0.25) is 5.02 Å². The summed E-state index contributed by atoms with van der Waals surface area (Å²) in [7, 11) is 0. The molecule has 110 valence electrons. The van der Waals surface area contributed by atoms with Gasteiger partial charge < -0.3 is 5.11 Å².